The molecule has 1 heterocycles. The van der Waals surface area contributed by atoms with Crippen molar-refractivity contribution in [3.63, 3.8) is 0 Å². The Morgan fingerprint density at radius 1 is 1.75 bits per heavy atom. The number of nitrogens with one attached hydrogen (secondary N) is 1. The van der Waals surface area contributed by atoms with E-state index in [4.69, 9.17) is 5.73 Å². The molecule has 0 fully saturated rings. The Morgan fingerprint density at radius 2 is 2.50 bits per heavy atom. The normalized spacial score (nSPS) is 18.6. The average Bonchev–Trinajstić information content (AvgIpc) is 1.77. The molecular weight excluding hydrogens is 100 g/mol. The first-order valence-corrected chi connectivity index (χ1v) is 2.67. The second-order valence-electron chi connectivity index (χ2n) is 1.90. The Morgan fingerprint density at radius 3 is 2.88 bits per heavy atom. The fraction of sp³-hybridized carbons (Fsp3) is 0.333. The molecule has 0 radical (unpaired) electrons. The van der Waals surface area contributed by atoms with Gasteiger partial charge in [0, 0.05) is 18.4 Å². The number of dihydropyridines is 1. The molecule has 1 rings (SSSR count). The summed E-state index contributed by atoms with van der Waals surface area (Å²) in [6, 6.07) is 0. The number of hydrogen-bond donors (Lipinski definition) is 2. The largest absolute Gasteiger partial charge is 0.399 e. The SMILES string of the molecule is CC1=CNCC=C1N. The monoisotopic (exact) mass is 110 g/mol. The maximum Gasteiger partial charge on any atom is 0.0348 e. The lowest BCUT2D eigenvalue weighted by Gasteiger charge is -2.07. The number of rotatable bonds is 0. The van der Waals surface area contributed by atoms with Gasteiger partial charge in [0.1, 0.15) is 0 Å². The molecule has 8 heavy (non-hydrogen) atoms. The van der Waals surface area contributed by atoms with Gasteiger partial charge in [-0.3, -0.25) is 0 Å². The quantitative estimate of drug-likeness (QED) is 0.471. The minimum Gasteiger partial charge on any atom is -0.399 e. The van der Waals surface area contributed by atoms with Gasteiger partial charge in [-0.15, -0.1) is 0 Å². The van der Waals surface area contributed by atoms with E-state index in [-0.39, 0.29) is 0 Å². The van der Waals surface area contributed by atoms with Gasteiger partial charge in [-0.2, -0.15) is 0 Å². The summed E-state index contributed by atoms with van der Waals surface area (Å²) in [5.41, 5.74) is 7.54. The van der Waals surface area contributed by atoms with Gasteiger partial charge in [0.25, 0.3) is 0 Å². The highest BCUT2D eigenvalue weighted by Crippen LogP contribution is 2.02. The first kappa shape index (κ1) is 5.22. The van der Waals surface area contributed by atoms with Crippen LogP contribution in [0.4, 0.5) is 0 Å². The van der Waals surface area contributed by atoms with Crippen LogP contribution in [0.2, 0.25) is 0 Å². The van der Waals surface area contributed by atoms with Crippen molar-refractivity contribution in [2.45, 2.75) is 6.92 Å². The van der Waals surface area contributed by atoms with Crippen LogP contribution in [-0.2, 0) is 0 Å². The summed E-state index contributed by atoms with van der Waals surface area (Å²) in [4.78, 5) is 0. The minimum absolute atomic E-state index is 0.864. The molecule has 1 aliphatic rings. The molecule has 0 saturated carbocycles. The van der Waals surface area contributed by atoms with Gasteiger partial charge >= 0.3 is 0 Å². The lowest BCUT2D eigenvalue weighted by Crippen LogP contribution is -2.15. The third-order valence-corrected chi connectivity index (χ3v) is 1.21. The molecule has 44 valence electrons. The van der Waals surface area contributed by atoms with Crippen molar-refractivity contribution < 1.29 is 0 Å². The fourth-order valence-corrected chi connectivity index (χ4v) is 0.625. The highest BCUT2D eigenvalue weighted by Gasteiger charge is 1.95. The molecule has 0 aromatic rings. The predicted octanol–water partition coefficient (Wildman–Crippen LogP) is 0.336. The maximum absolute atomic E-state index is 5.53. The Kier molecular flexibility index (Phi) is 1.24. The maximum atomic E-state index is 5.53. The van der Waals surface area contributed by atoms with E-state index >= 15 is 0 Å². The second-order valence-corrected chi connectivity index (χ2v) is 1.90. The van der Waals surface area contributed by atoms with Crippen LogP contribution >= 0.6 is 0 Å². The molecule has 0 aliphatic carbocycles. The molecule has 1 aliphatic heterocycles. The summed E-state index contributed by atoms with van der Waals surface area (Å²) in [6.07, 6.45) is 3.89. The van der Waals surface area contributed by atoms with Crippen molar-refractivity contribution in [2.24, 2.45) is 5.73 Å². The summed E-state index contributed by atoms with van der Waals surface area (Å²) in [5.74, 6) is 0. The highest BCUT2D eigenvalue weighted by molar-refractivity contribution is 5.28. The van der Waals surface area contributed by atoms with E-state index in [9.17, 15) is 0 Å². The Bertz CT molecular complexity index is 127. The lowest BCUT2D eigenvalue weighted by molar-refractivity contribution is 0.930. The summed E-state index contributed by atoms with van der Waals surface area (Å²) >= 11 is 0. The van der Waals surface area contributed by atoms with E-state index in [1.54, 1.807) is 0 Å². The van der Waals surface area contributed by atoms with Crippen LogP contribution in [0.25, 0.3) is 0 Å². The molecule has 0 saturated heterocycles. The molecule has 0 aromatic heterocycles. The van der Waals surface area contributed by atoms with Crippen LogP contribution in [-0.4, -0.2) is 6.54 Å². The summed E-state index contributed by atoms with van der Waals surface area (Å²) in [7, 11) is 0. The zero-order valence-electron chi connectivity index (χ0n) is 4.94. The van der Waals surface area contributed by atoms with E-state index in [1.165, 1.54) is 0 Å². The van der Waals surface area contributed by atoms with E-state index in [1.807, 2.05) is 19.2 Å². The second kappa shape index (κ2) is 1.90. The molecule has 0 spiro atoms. The van der Waals surface area contributed by atoms with Crippen molar-refractivity contribution in [3.05, 3.63) is 23.5 Å². The highest BCUT2D eigenvalue weighted by atomic mass is 14.8. The van der Waals surface area contributed by atoms with Crippen molar-refractivity contribution >= 4 is 0 Å². The Balaban J connectivity index is 2.73. The summed E-state index contributed by atoms with van der Waals surface area (Å²) < 4.78 is 0. The van der Waals surface area contributed by atoms with Crippen molar-refractivity contribution in [1.82, 2.24) is 5.32 Å². The first-order chi connectivity index (χ1) is 3.80. The number of hydrogen-bond acceptors (Lipinski definition) is 2. The van der Waals surface area contributed by atoms with Gasteiger partial charge in [0.05, 0.1) is 0 Å². The molecule has 2 nitrogen and oxygen atoms in total. The Hall–Kier alpha value is -0.920. The zero-order chi connectivity index (χ0) is 5.98. The van der Waals surface area contributed by atoms with E-state index in [0.29, 0.717) is 0 Å². The number of nitrogens with two attached hydrogens (primary N) is 1. The van der Waals surface area contributed by atoms with Gasteiger partial charge in [-0.25, -0.2) is 0 Å². The van der Waals surface area contributed by atoms with E-state index in [0.717, 1.165) is 17.8 Å². The molecular formula is C6H10N2. The van der Waals surface area contributed by atoms with Gasteiger partial charge in [-0.1, -0.05) is 0 Å². The van der Waals surface area contributed by atoms with Crippen LogP contribution in [0.3, 0.4) is 0 Å². The van der Waals surface area contributed by atoms with Crippen LogP contribution in [0.15, 0.2) is 23.5 Å². The van der Waals surface area contributed by atoms with Gasteiger partial charge in [-0.05, 0) is 18.6 Å². The zero-order valence-corrected chi connectivity index (χ0v) is 4.94. The summed E-state index contributed by atoms with van der Waals surface area (Å²) in [6.45, 7) is 2.85. The number of allylic oxidation sites excluding steroid dienone is 1. The van der Waals surface area contributed by atoms with Gasteiger partial charge in [0.15, 0.2) is 0 Å². The first-order valence-electron chi connectivity index (χ1n) is 2.67. The molecule has 0 atom stereocenters. The van der Waals surface area contributed by atoms with Crippen molar-refractivity contribution in [1.29, 1.82) is 0 Å². The molecule has 2 heteroatoms. The third kappa shape index (κ3) is 0.832. The standard InChI is InChI=1S/C6H10N2/c1-5-4-8-3-2-6(5)7/h2,4,8H,3,7H2,1H3. The fourth-order valence-electron chi connectivity index (χ4n) is 0.625. The van der Waals surface area contributed by atoms with Crippen LogP contribution in [0, 0.1) is 0 Å². The van der Waals surface area contributed by atoms with E-state index < -0.39 is 0 Å². The third-order valence-electron chi connectivity index (χ3n) is 1.21. The minimum atomic E-state index is 0.864. The van der Waals surface area contributed by atoms with Crippen LogP contribution in [0.1, 0.15) is 6.92 Å². The Labute approximate surface area is 49.1 Å². The molecule has 3 N–H and O–H groups in total. The van der Waals surface area contributed by atoms with Gasteiger partial charge in [0.2, 0.25) is 0 Å². The van der Waals surface area contributed by atoms with Gasteiger partial charge < -0.3 is 11.1 Å². The molecule has 0 aromatic carbocycles. The van der Waals surface area contributed by atoms with Crippen molar-refractivity contribution in [2.75, 3.05) is 6.54 Å². The molecule has 0 amide bonds. The molecule has 0 bridgehead atoms. The predicted molar refractivity (Wildman–Crippen MR) is 34.0 cm³/mol. The molecule has 0 unspecified atom stereocenters. The van der Waals surface area contributed by atoms with E-state index in [2.05, 4.69) is 5.32 Å². The van der Waals surface area contributed by atoms with Crippen LogP contribution < -0.4 is 11.1 Å². The van der Waals surface area contributed by atoms with Crippen LogP contribution in [0.5, 0.6) is 0 Å². The topological polar surface area (TPSA) is 38.0 Å². The summed E-state index contributed by atoms with van der Waals surface area (Å²) in [5, 5.41) is 3.05. The van der Waals surface area contributed by atoms with Crippen molar-refractivity contribution in [3.8, 4) is 0 Å². The average molecular weight is 110 g/mol. The smallest absolute Gasteiger partial charge is 0.0348 e. The lowest BCUT2D eigenvalue weighted by atomic mass is 10.2.